The number of alkyl carbamates (subject to hydrolysis) is 1. The molecule has 2 aliphatic carbocycles. The molecule has 2 unspecified atom stereocenters. The van der Waals surface area contributed by atoms with E-state index in [-0.39, 0.29) is 18.9 Å². The molecule has 1 saturated carbocycles. The van der Waals surface area contributed by atoms with E-state index in [0.29, 0.717) is 0 Å². The quantitative estimate of drug-likeness (QED) is 0.563. The van der Waals surface area contributed by atoms with E-state index in [1.165, 1.54) is 6.92 Å². The Balaban J connectivity index is 1.32. The van der Waals surface area contributed by atoms with Gasteiger partial charge in [-0.3, -0.25) is 4.79 Å². The van der Waals surface area contributed by atoms with Crippen molar-refractivity contribution >= 4 is 18.0 Å². The Morgan fingerprint density at radius 3 is 2.18 bits per heavy atom. The van der Waals surface area contributed by atoms with Gasteiger partial charge in [-0.05, 0) is 28.7 Å². The smallest absolute Gasteiger partial charge is 0.407 e. The van der Waals surface area contributed by atoms with Crippen LogP contribution in [0.2, 0.25) is 0 Å². The number of carboxylic acids is 1. The van der Waals surface area contributed by atoms with Crippen LogP contribution in [0.4, 0.5) is 13.6 Å². The first kappa shape index (κ1) is 22.7. The summed E-state index contributed by atoms with van der Waals surface area (Å²) in [5, 5.41) is 13.4. The first-order valence-corrected chi connectivity index (χ1v) is 10.8. The van der Waals surface area contributed by atoms with Gasteiger partial charge in [0.05, 0.1) is 5.92 Å². The number of ether oxygens (including phenoxy) is 1. The molecule has 2 aromatic rings. The molecule has 0 aliphatic heterocycles. The van der Waals surface area contributed by atoms with Gasteiger partial charge in [-0.25, -0.2) is 18.4 Å². The van der Waals surface area contributed by atoms with Gasteiger partial charge in [0, 0.05) is 12.5 Å². The van der Waals surface area contributed by atoms with Crippen molar-refractivity contribution in [2.45, 2.75) is 31.2 Å². The molecular weight excluding hydrogens is 434 g/mol. The van der Waals surface area contributed by atoms with Crippen molar-refractivity contribution < 1.29 is 33.0 Å². The lowest BCUT2D eigenvalue weighted by atomic mass is 9.98. The Kier molecular flexibility index (Phi) is 6.05. The van der Waals surface area contributed by atoms with Crippen LogP contribution in [0.25, 0.3) is 11.1 Å². The second kappa shape index (κ2) is 8.80. The van der Waals surface area contributed by atoms with Gasteiger partial charge < -0.3 is 20.5 Å². The molecule has 3 atom stereocenters. The Morgan fingerprint density at radius 1 is 1.06 bits per heavy atom. The number of fused-ring (bicyclic) bond motifs is 3. The molecule has 0 spiro atoms. The van der Waals surface area contributed by atoms with Crippen LogP contribution in [-0.2, 0) is 14.3 Å². The third-order valence-electron chi connectivity index (χ3n) is 6.32. The van der Waals surface area contributed by atoms with Crippen LogP contribution in [0.1, 0.15) is 30.4 Å². The summed E-state index contributed by atoms with van der Waals surface area (Å²) in [5.74, 6) is -8.90. The molecule has 3 N–H and O–H groups in total. The molecule has 2 aliphatic rings. The average Bonchev–Trinajstić information content (AvgIpc) is 3.20. The number of carboxylic acid groups (broad SMARTS) is 1. The van der Waals surface area contributed by atoms with E-state index in [4.69, 9.17) is 9.84 Å². The fraction of sp³-hybridized carbons (Fsp3) is 0.375. The van der Waals surface area contributed by atoms with Crippen molar-refractivity contribution in [1.29, 1.82) is 0 Å². The second-order valence-corrected chi connectivity index (χ2v) is 8.27. The first-order valence-electron chi connectivity index (χ1n) is 10.8. The molecule has 2 aromatic carbocycles. The molecule has 7 nitrogen and oxygen atoms in total. The van der Waals surface area contributed by atoms with Gasteiger partial charge in [-0.15, -0.1) is 0 Å². The van der Waals surface area contributed by atoms with Crippen LogP contribution in [0.5, 0.6) is 0 Å². The van der Waals surface area contributed by atoms with E-state index in [2.05, 4.69) is 10.6 Å². The summed E-state index contributed by atoms with van der Waals surface area (Å²) in [6, 6.07) is 14.4. The molecule has 0 radical (unpaired) electrons. The monoisotopic (exact) mass is 458 g/mol. The maximum atomic E-state index is 14.1. The van der Waals surface area contributed by atoms with Crippen molar-refractivity contribution in [3.63, 3.8) is 0 Å². The molecule has 2 amide bonds. The highest BCUT2D eigenvalue weighted by molar-refractivity contribution is 5.88. The first-order chi connectivity index (χ1) is 15.8. The summed E-state index contributed by atoms with van der Waals surface area (Å²) >= 11 is 0. The Hall–Kier alpha value is -3.49. The zero-order valence-corrected chi connectivity index (χ0v) is 17.9. The van der Waals surface area contributed by atoms with E-state index >= 15 is 0 Å². The highest BCUT2D eigenvalue weighted by Gasteiger charge is 2.71. The molecule has 174 valence electrons. The summed E-state index contributed by atoms with van der Waals surface area (Å²) in [7, 11) is 0. The average molecular weight is 458 g/mol. The number of benzene rings is 2. The summed E-state index contributed by atoms with van der Waals surface area (Å²) in [4.78, 5) is 35.3. The van der Waals surface area contributed by atoms with Gasteiger partial charge in [0.25, 0.3) is 5.92 Å². The minimum atomic E-state index is -3.32. The Morgan fingerprint density at radius 2 is 1.64 bits per heavy atom. The number of carbonyl (C=O) groups is 3. The van der Waals surface area contributed by atoms with Crippen molar-refractivity contribution in [3.8, 4) is 11.1 Å². The minimum Gasteiger partial charge on any atom is -0.480 e. The van der Waals surface area contributed by atoms with Crippen molar-refractivity contribution in [2.75, 3.05) is 13.2 Å². The minimum absolute atomic E-state index is 0.0433. The Bertz CT molecular complexity index is 1040. The number of halogens is 2. The number of rotatable bonds is 8. The van der Waals surface area contributed by atoms with E-state index in [1.807, 2.05) is 48.5 Å². The zero-order chi connectivity index (χ0) is 23.8. The standard InChI is InChI=1S/C24H24F2N2O5/c1-2-19(22(30)31)28-21(29)20-18(24(20,25)26)11-27-23(32)33-12-17-15-9-5-3-7-13(15)14-8-4-6-10-16(14)17/h3-10,17-20H,2,11-12H2,1H3,(H,27,32)(H,28,29)(H,30,31)/t18?,19-,20?/m1/s1. The topological polar surface area (TPSA) is 105 Å². The lowest BCUT2D eigenvalue weighted by Crippen LogP contribution is -2.42. The van der Waals surface area contributed by atoms with Gasteiger partial charge >= 0.3 is 12.1 Å². The summed E-state index contributed by atoms with van der Waals surface area (Å²) in [5.41, 5.74) is 4.20. The third kappa shape index (κ3) is 4.27. The zero-order valence-electron chi connectivity index (χ0n) is 17.9. The van der Waals surface area contributed by atoms with E-state index in [0.717, 1.165) is 22.3 Å². The molecular formula is C24H24F2N2O5. The van der Waals surface area contributed by atoms with Crippen LogP contribution in [0.15, 0.2) is 48.5 Å². The lowest BCUT2D eigenvalue weighted by molar-refractivity contribution is -0.142. The summed E-state index contributed by atoms with van der Waals surface area (Å²) in [6.07, 6.45) is -0.780. The van der Waals surface area contributed by atoms with Gasteiger partial charge in [0.2, 0.25) is 5.91 Å². The van der Waals surface area contributed by atoms with E-state index < -0.39 is 48.3 Å². The van der Waals surface area contributed by atoms with E-state index in [1.54, 1.807) is 0 Å². The van der Waals surface area contributed by atoms with Gasteiger partial charge in [-0.2, -0.15) is 0 Å². The molecule has 4 rings (SSSR count). The van der Waals surface area contributed by atoms with Crippen LogP contribution < -0.4 is 10.6 Å². The van der Waals surface area contributed by atoms with Crippen LogP contribution in [-0.4, -0.2) is 48.2 Å². The van der Waals surface area contributed by atoms with Crippen LogP contribution in [0, 0.1) is 11.8 Å². The SMILES string of the molecule is CC[C@@H](NC(=O)C1C(CNC(=O)OCC2c3ccccc3-c3ccccc32)C1(F)F)C(=O)O. The Labute approximate surface area is 189 Å². The number of carbonyl (C=O) groups excluding carboxylic acids is 2. The van der Waals surface area contributed by atoms with Crippen molar-refractivity contribution in [3.05, 3.63) is 59.7 Å². The van der Waals surface area contributed by atoms with Crippen LogP contribution >= 0.6 is 0 Å². The fourth-order valence-corrected chi connectivity index (χ4v) is 4.44. The molecule has 0 aromatic heterocycles. The molecule has 0 saturated heterocycles. The second-order valence-electron chi connectivity index (χ2n) is 8.27. The number of nitrogens with one attached hydrogen (secondary N) is 2. The van der Waals surface area contributed by atoms with Crippen molar-refractivity contribution in [1.82, 2.24) is 10.6 Å². The van der Waals surface area contributed by atoms with E-state index in [9.17, 15) is 23.2 Å². The number of hydrogen-bond acceptors (Lipinski definition) is 4. The predicted octanol–water partition coefficient (Wildman–Crippen LogP) is 3.39. The highest BCUT2D eigenvalue weighted by Crippen LogP contribution is 2.55. The van der Waals surface area contributed by atoms with Gasteiger partial charge in [-0.1, -0.05) is 55.5 Å². The number of hydrogen-bond donors (Lipinski definition) is 3. The van der Waals surface area contributed by atoms with Gasteiger partial charge in [0.1, 0.15) is 18.6 Å². The molecule has 0 heterocycles. The summed E-state index contributed by atoms with van der Waals surface area (Å²) < 4.78 is 33.5. The molecule has 33 heavy (non-hydrogen) atoms. The lowest BCUT2D eigenvalue weighted by Gasteiger charge is -2.14. The van der Waals surface area contributed by atoms with Gasteiger partial charge in [0.15, 0.2) is 0 Å². The number of amides is 2. The van der Waals surface area contributed by atoms with Crippen molar-refractivity contribution in [2.24, 2.45) is 11.8 Å². The number of alkyl halides is 2. The molecule has 9 heteroatoms. The molecule has 0 bridgehead atoms. The summed E-state index contributed by atoms with van der Waals surface area (Å²) in [6.45, 7) is 1.12. The molecule has 1 fully saturated rings. The predicted molar refractivity (Wildman–Crippen MR) is 115 cm³/mol. The maximum absolute atomic E-state index is 14.1. The highest BCUT2D eigenvalue weighted by atomic mass is 19.3. The van der Waals surface area contributed by atoms with Crippen LogP contribution in [0.3, 0.4) is 0 Å². The fourth-order valence-electron chi connectivity index (χ4n) is 4.44. The largest absolute Gasteiger partial charge is 0.480 e. The normalized spacial score (nSPS) is 20.8. The third-order valence-corrected chi connectivity index (χ3v) is 6.32. The maximum Gasteiger partial charge on any atom is 0.407 e. The number of aliphatic carboxylic acids is 1.